The van der Waals surface area contributed by atoms with Crippen molar-refractivity contribution in [3.05, 3.63) is 59.4 Å². The molecule has 0 spiro atoms. The quantitative estimate of drug-likeness (QED) is 0.354. The fraction of sp³-hybridized carbons (Fsp3) is 0.455. The van der Waals surface area contributed by atoms with E-state index >= 15 is 0 Å². The van der Waals surface area contributed by atoms with Crippen molar-refractivity contribution in [2.75, 3.05) is 20.1 Å². The second kappa shape index (κ2) is 11.2. The normalized spacial score (nSPS) is 14.1. The van der Waals surface area contributed by atoms with Crippen molar-refractivity contribution >= 4 is 35.8 Å². The Kier molecular flexibility index (Phi) is 9.00. The number of amides is 1. The summed E-state index contributed by atoms with van der Waals surface area (Å²) < 4.78 is 2.13. The van der Waals surface area contributed by atoms with Gasteiger partial charge in [0, 0.05) is 52.0 Å². The van der Waals surface area contributed by atoms with Crippen LogP contribution in [0.15, 0.2) is 47.6 Å². The number of carbonyl (C=O) groups excluding carboxylic acids is 1. The lowest BCUT2D eigenvalue weighted by Gasteiger charge is -2.23. The highest BCUT2D eigenvalue weighted by Crippen LogP contribution is 2.18. The van der Waals surface area contributed by atoms with Crippen molar-refractivity contribution in [2.45, 2.75) is 39.4 Å². The van der Waals surface area contributed by atoms with Gasteiger partial charge in [0.05, 0.1) is 13.1 Å². The van der Waals surface area contributed by atoms with E-state index in [0.717, 1.165) is 32.0 Å². The van der Waals surface area contributed by atoms with Crippen molar-refractivity contribution in [3.8, 4) is 0 Å². The largest absolute Gasteiger partial charge is 0.357 e. The molecule has 0 bridgehead atoms. The molecule has 0 saturated carbocycles. The van der Waals surface area contributed by atoms with Gasteiger partial charge in [0.1, 0.15) is 0 Å². The predicted molar refractivity (Wildman–Crippen MR) is 128 cm³/mol. The minimum atomic E-state index is 0. The van der Waals surface area contributed by atoms with E-state index < -0.39 is 0 Å². The summed E-state index contributed by atoms with van der Waals surface area (Å²) in [4.78, 5) is 21.0. The van der Waals surface area contributed by atoms with Crippen molar-refractivity contribution in [2.24, 2.45) is 12.0 Å². The Morgan fingerprint density at radius 1 is 1.21 bits per heavy atom. The number of nitrogens with zero attached hydrogens (tertiary/aromatic N) is 4. The predicted octanol–water partition coefficient (Wildman–Crippen LogP) is 3.36. The van der Waals surface area contributed by atoms with Gasteiger partial charge in [-0.05, 0) is 36.6 Å². The summed E-state index contributed by atoms with van der Waals surface area (Å²) in [6, 6.07) is 12.5. The van der Waals surface area contributed by atoms with Gasteiger partial charge in [-0.2, -0.15) is 0 Å². The Hall–Kier alpha value is -2.03. The monoisotopic (exact) mass is 509 g/mol. The Morgan fingerprint density at radius 3 is 2.59 bits per heavy atom. The number of hydrogen-bond acceptors (Lipinski definition) is 2. The Labute approximate surface area is 191 Å². The molecule has 1 saturated heterocycles. The number of halogens is 1. The van der Waals surface area contributed by atoms with Gasteiger partial charge in [-0.1, -0.05) is 24.3 Å². The molecule has 3 rings (SSSR count). The van der Waals surface area contributed by atoms with Crippen LogP contribution in [0.1, 0.15) is 36.6 Å². The first-order chi connectivity index (χ1) is 13.6. The zero-order chi connectivity index (χ0) is 19.9. The molecule has 2 heterocycles. The lowest BCUT2D eigenvalue weighted by Crippen LogP contribution is -2.38. The third-order valence-electron chi connectivity index (χ3n) is 5.20. The van der Waals surface area contributed by atoms with Crippen LogP contribution in [0.3, 0.4) is 0 Å². The molecule has 1 aromatic carbocycles. The number of aliphatic imine (C=N–C) groups is 1. The molecule has 1 fully saturated rings. The highest BCUT2D eigenvalue weighted by atomic mass is 127. The standard InChI is InChI=1S/C22H31N5O.HI/c1-4-23-22(26(3)17-20-11-7-13-25(20)2)24-15-18-9-5-6-10-19(18)16-27-14-8-12-21(27)28;/h5-7,9-11,13H,4,8,12,14-17H2,1-3H3,(H,23,24);1H. The summed E-state index contributed by atoms with van der Waals surface area (Å²) >= 11 is 0. The molecule has 0 aliphatic carbocycles. The van der Waals surface area contributed by atoms with E-state index in [1.54, 1.807) is 0 Å². The molecule has 1 aromatic heterocycles. The fourth-order valence-electron chi connectivity index (χ4n) is 3.55. The summed E-state index contributed by atoms with van der Waals surface area (Å²) in [6.45, 7) is 5.83. The topological polar surface area (TPSA) is 52.9 Å². The van der Waals surface area contributed by atoms with E-state index in [9.17, 15) is 4.79 Å². The number of hydrogen-bond donors (Lipinski definition) is 1. The van der Waals surface area contributed by atoms with Crippen LogP contribution in [0.25, 0.3) is 0 Å². The summed E-state index contributed by atoms with van der Waals surface area (Å²) in [5.74, 6) is 1.14. The van der Waals surface area contributed by atoms with Crippen LogP contribution in [-0.4, -0.2) is 46.4 Å². The minimum absolute atomic E-state index is 0. The van der Waals surface area contributed by atoms with Crippen LogP contribution in [0.4, 0.5) is 0 Å². The number of nitrogens with one attached hydrogen (secondary N) is 1. The summed E-state index contributed by atoms with van der Waals surface area (Å²) in [5, 5.41) is 3.39. The molecule has 1 amide bonds. The van der Waals surface area contributed by atoms with Crippen LogP contribution in [0, 0.1) is 0 Å². The molecule has 0 atom stereocenters. The number of aryl methyl sites for hydroxylation is 1. The van der Waals surface area contributed by atoms with Crippen LogP contribution < -0.4 is 5.32 Å². The first-order valence-corrected chi connectivity index (χ1v) is 10.0. The van der Waals surface area contributed by atoms with Crippen LogP contribution in [0.5, 0.6) is 0 Å². The van der Waals surface area contributed by atoms with Crippen molar-refractivity contribution in [1.29, 1.82) is 0 Å². The average Bonchev–Trinajstić information content (AvgIpc) is 3.28. The molecular formula is C22H32IN5O. The molecule has 1 N–H and O–H groups in total. The van der Waals surface area contributed by atoms with E-state index in [1.807, 2.05) is 17.0 Å². The molecule has 29 heavy (non-hydrogen) atoms. The van der Waals surface area contributed by atoms with Crippen LogP contribution in [0.2, 0.25) is 0 Å². The van der Waals surface area contributed by atoms with Gasteiger partial charge in [-0.3, -0.25) is 4.79 Å². The molecule has 0 unspecified atom stereocenters. The summed E-state index contributed by atoms with van der Waals surface area (Å²) in [6.07, 6.45) is 3.70. The summed E-state index contributed by atoms with van der Waals surface area (Å²) in [7, 11) is 4.12. The van der Waals surface area contributed by atoms with E-state index in [1.165, 1.54) is 16.8 Å². The lowest BCUT2D eigenvalue weighted by molar-refractivity contribution is -0.128. The maximum Gasteiger partial charge on any atom is 0.222 e. The van der Waals surface area contributed by atoms with E-state index in [2.05, 4.69) is 66.3 Å². The smallest absolute Gasteiger partial charge is 0.222 e. The molecular weight excluding hydrogens is 477 g/mol. The first-order valence-electron chi connectivity index (χ1n) is 10.0. The van der Waals surface area contributed by atoms with Gasteiger partial charge in [0.2, 0.25) is 5.91 Å². The van der Waals surface area contributed by atoms with Gasteiger partial charge >= 0.3 is 0 Å². The fourth-order valence-corrected chi connectivity index (χ4v) is 3.55. The highest BCUT2D eigenvalue weighted by Gasteiger charge is 2.20. The Morgan fingerprint density at radius 2 is 1.97 bits per heavy atom. The molecule has 7 heteroatoms. The van der Waals surface area contributed by atoms with Crippen molar-refractivity contribution in [1.82, 2.24) is 19.7 Å². The maximum atomic E-state index is 12.0. The van der Waals surface area contributed by atoms with Crippen molar-refractivity contribution < 1.29 is 4.79 Å². The SMILES string of the molecule is CCNC(=NCc1ccccc1CN1CCCC1=O)N(C)Cc1cccn1C.I. The van der Waals surface area contributed by atoms with E-state index in [-0.39, 0.29) is 29.9 Å². The maximum absolute atomic E-state index is 12.0. The molecule has 0 radical (unpaired) electrons. The second-order valence-corrected chi connectivity index (χ2v) is 7.32. The van der Waals surface area contributed by atoms with Crippen molar-refractivity contribution in [3.63, 3.8) is 0 Å². The minimum Gasteiger partial charge on any atom is -0.357 e. The van der Waals surface area contributed by atoms with E-state index in [4.69, 9.17) is 4.99 Å². The van der Waals surface area contributed by atoms with Gasteiger partial charge in [-0.25, -0.2) is 4.99 Å². The average molecular weight is 509 g/mol. The van der Waals surface area contributed by atoms with Crippen LogP contribution >= 0.6 is 24.0 Å². The third kappa shape index (κ3) is 6.22. The van der Waals surface area contributed by atoms with Gasteiger partial charge in [-0.15, -0.1) is 24.0 Å². The zero-order valence-corrected chi connectivity index (χ0v) is 19.9. The number of carbonyl (C=O) groups is 1. The van der Waals surface area contributed by atoms with Crippen LogP contribution in [-0.2, 0) is 31.5 Å². The number of likely N-dealkylation sites (tertiary alicyclic amines) is 1. The van der Waals surface area contributed by atoms with Gasteiger partial charge in [0.25, 0.3) is 0 Å². The third-order valence-corrected chi connectivity index (χ3v) is 5.20. The van der Waals surface area contributed by atoms with E-state index in [0.29, 0.717) is 19.5 Å². The first kappa shape index (κ1) is 23.3. The lowest BCUT2D eigenvalue weighted by atomic mass is 10.1. The number of aromatic nitrogens is 1. The number of guanidine groups is 1. The number of rotatable bonds is 7. The number of benzene rings is 1. The Balaban J connectivity index is 0.00000300. The second-order valence-electron chi connectivity index (χ2n) is 7.32. The van der Waals surface area contributed by atoms with Gasteiger partial charge in [0.15, 0.2) is 5.96 Å². The molecule has 1 aliphatic rings. The molecule has 1 aliphatic heterocycles. The molecule has 158 valence electrons. The molecule has 6 nitrogen and oxygen atoms in total. The van der Waals surface area contributed by atoms with Gasteiger partial charge < -0.3 is 19.7 Å². The Bertz CT molecular complexity index is 832. The zero-order valence-electron chi connectivity index (χ0n) is 17.6. The highest BCUT2D eigenvalue weighted by molar-refractivity contribution is 14.0. The molecule has 2 aromatic rings. The summed E-state index contributed by atoms with van der Waals surface area (Å²) in [5.41, 5.74) is 3.59.